The zero-order valence-electron chi connectivity index (χ0n) is 12.8. The van der Waals surface area contributed by atoms with Crippen molar-refractivity contribution in [1.29, 1.82) is 0 Å². The van der Waals surface area contributed by atoms with Crippen LogP contribution >= 0.6 is 11.3 Å². The van der Waals surface area contributed by atoms with Gasteiger partial charge in [-0.1, -0.05) is 41.2 Å². The minimum Gasteiger partial charge on any atom is -0.382 e. The molecule has 0 saturated heterocycles. The molecule has 112 valence electrons. The first-order valence-electron chi connectivity index (χ1n) is 6.63. The molecule has 5 nitrogen and oxygen atoms in total. The molecule has 0 aliphatic rings. The topological polar surface area (TPSA) is 62.5 Å². The zero-order valence-corrected chi connectivity index (χ0v) is 13.6. The second-order valence-corrected chi connectivity index (χ2v) is 6.23. The van der Waals surface area contributed by atoms with Crippen molar-refractivity contribution in [2.24, 2.45) is 0 Å². The SMILES string of the molecule is Cc1ccc(CN(C)C(=O)c2sc(N(C)C)nc2N)cc1. The standard InChI is InChI=1S/C15H20N4OS/c1-10-5-7-11(8-6-10)9-19(4)14(20)12-13(16)17-15(21-12)18(2)3/h5-8H,9,16H2,1-4H3. The average molecular weight is 304 g/mol. The molecule has 0 saturated carbocycles. The molecule has 6 heteroatoms. The van der Waals surface area contributed by atoms with Crippen LogP contribution in [0.1, 0.15) is 20.8 Å². The van der Waals surface area contributed by atoms with Gasteiger partial charge < -0.3 is 15.5 Å². The maximum absolute atomic E-state index is 12.5. The van der Waals surface area contributed by atoms with E-state index in [0.29, 0.717) is 17.2 Å². The van der Waals surface area contributed by atoms with Gasteiger partial charge in [0.05, 0.1) is 0 Å². The molecule has 0 unspecified atom stereocenters. The summed E-state index contributed by atoms with van der Waals surface area (Å²) in [6.45, 7) is 2.59. The summed E-state index contributed by atoms with van der Waals surface area (Å²) in [4.78, 5) is 20.7. The van der Waals surface area contributed by atoms with Crippen molar-refractivity contribution in [3.8, 4) is 0 Å². The fourth-order valence-electron chi connectivity index (χ4n) is 1.88. The Kier molecular flexibility index (Phi) is 4.47. The van der Waals surface area contributed by atoms with E-state index in [1.165, 1.54) is 16.9 Å². The first-order chi connectivity index (χ1) is 9.88. The van der Waals surface area contributed by atoms with Crippen molar-refractivity contribution >= 4 is 28.2 Å². The summed E-state index contributed by atoms with van der Waals surface area (Å²) in [7, 11) is 5.53. The van der Waals surface area contributed by atoms with Crippen LogP contribution in [0.15, 0.2) is 24.3 Å². The smallest absolute Gasteiger partial charge is 0.267 e. The third-order valence-electron chi connectivity index (χ3n) is 3.11. The van der Waals surface area contributed by atoms with Gasteiger partial charge in [-0.2, -0.15) is 0 Å². The number of aromatic nitrogens is 1. The number of rotatable bonds is 4. The Morgan fingerprint density at radius 3 is 2.38 bits per heavy atom. The van der Waals surface area contributed by atoms with Gasteiger partial charge in [0.25, 0.3) is 5.91 Å². The number of hydrogen-bond donors (Lipinski definition) is 1. The molecule has 0 spiro atoms. The summed E-state index contributed by atoms with van der Waals surface area (Å²) in [5.74, 6) is 0.197. The second kappa shape index (κ2) is 6.13. The van der Waals surface area contributed by atoms with Crippen molar-refractivity contribution in [3.63, 3.8) is 0 Å². The van der Waals surface area contributed by atoms with Crippen LogP contribution < -0.4 is 10.6 Å². The molecule has 1 aromatic heterocycles. The molecule has 0 fully saturated rings. The maximum atomic E-state index is 12.5. The highest BCUT2D eigenvalue weighted by Crippen LogP contribution is 2.28. The highest BCUT2D eigenvalue weighted by atomic mass is 32.1. The van der Waals surface area contributed by atoms with Gasteiger partial charge in [-0.15, -0.1) is 0 Å². The number of nitrogens with two attached hydrogens (primary N) is 1. The van der Waals surface area contributed by atoms with Gasteiger partial charge >= 0.3 is 0 Å². The van der Waals surface area contributed by atoms with Crippen molar-refractivity contribution in [1.82, 2.24) is 9.88 Å². The van der Waals surface area contributed by atoms with Gasteiger partial charge in [-0.3, -0.25) is 4.79 Å². The fourth-order valence-corrected chi connectivity index (χ4v) is 2.78. The average Bonchev–Trinajstić information content (AvgIpc) is 2.82. The Balaban J connectivity index is 2.13. The number of hydrogen-bond acceptors (Lipinski definition) is 5. The predicted molar refractivity (Wildman–Crippen MR) is 87.8 cm³/mol. The van der Waals surface area contributed by atoms with Crippen LogP contribution in [0.3, 0.4) is 0 Å². The summed E-state index contributed by atoms with van der Waals surface area (Å²) < 4.78 is 0. The summed E-state index contributed by atoms with van der Waals surface area (Å²) in [6.07, 6.45) is 0. The minimum absolute atomic E-state index is 0.0984. The Labute approximate surface area is 129 Å². The second-order valence-electron chi connectivity index (χ2n) is 5.25. The number of aryl methyl sites for hydroxylation is 1. The molecule has 2 rings (SSSR count). The van der Waals surface area contributed by atoms with Crippen LogP contribution in [0, 0.1) is 6.92 Å². The predicted octanol–water partition coefficient (Wildman–Crippen LogP) is 2.37. The van der Waals surface area contributed by atoms with Crippen molar-refractivity contribution in [2.45, 2.75) is 13.5 Å². The fraction of sp³-hybridized carbons (Fsp3) is 0.333. The summed E-state index contributed by atoms with van der Waals surface area (Å²) in [5.41, 5.74) is 8.15. The lowest BCUT2D eigenvalue weighted by Gasteiger charge is -2.16. The van der Waals surface area contributed by atoms with Crippen LogP contribution in [0.5, 0.6) is 0 Å². The Morgan fingerprint density at radius 1 is 1.24 bits per heavy atom. The number of anilines is 2. The molecular formula is C15H20N4OS. The van der Waals surface area contributed by atoms with Gasteiger partial charge in [0.15, 0.2) is 5.13 Å². The van der Waals surface area contributed by atoms with Crippen molar-refractivity contribution in [2.75, 3.05) is 31.8 Å². The molecule has 21 heavy (non-hydrogen) atoms. The molecule has 0 bridgehead atoms. The molecule has 2 aromatic rings. The number of nitrogen functional groups attached to an aromatic ring is 1. The Morgan fingerprint density at radius 2 is 1.86 bits per heavy atom. The van der Waals surface area contributed by atoms with E-state index >= 15 is 0 Å². The summed E-state index contributed by atoms with van der Waals surface area (Å²) >= 11 is 1.32. The minimum atomic E-state index is -0.0984. The largest absolute Gasteiger partial charge is 0.382 e. The van der Waals surface area contributed by atoms with E-state index < -0.39 is 0 Å². The van der Waals surface area contributed by atoms with Crippen LogP contribution in [0.4, 0.5) is 10.9 Å². The van der Waals surface area contributed by atoms with Gasteiger partial charge in [-0.25, -0.2) is 4.98 Å². The molecule has 0 aliphatic carbocycles. The number of carbonyl (C=O) groups is 1. The molecule has 1 heterocycles. The lowest BCUT2D eigenvalue weighted by atomic mass is 10.1. The highest BCUT2D eigenvalue weighted by Gasteiger charge is 2.20. The van der Waals surface area contributed by atoms with E-state index in [-0.39, 0.29) is 5.91 Å². The first kappa shape index (κ1) is 15.3. The van der Waals surface area contributed by atoms with Gasteiger partial charge in [-0.05, 0) is 12.5 Å². The third-order valence-corrected chi connectivity index (χ3v) is 4.33. The summed E-state index contributed by atoms with van der Waals surface area (Å²) in [5, 5.41) is 0.736. The third kappa shape index (κ3) is 3.52. The lowest BCUT2D eigenvalue weighted by molar-refractivity contribution is 0.0790. The van der Waals surface area contributed by atoms with Crippen LogP contribution in [0.2, 0.25) is 0 Å². The van der Waals surface area contributed by atoms with E-state index in [1.807, 2.05) is 50.2 Å². The number of nitrogens with zero attached hydrogens (tertiary/aromatic N) is 3. The van der Waals surface area contributed by atoms with E-state index in [9.17, 15) is 4.79 Å². The van der Waals surface area contributed by atoms with Gasteiger partial charge in [0.1, 0.15) is 10.7 Å². The molecular weight excluding hydrogens is 284 g/mol. The summed E-state index contributed by atoms with van der Waals surface area (Å²) in [6, 6.07) is 8.14. The molecule has 2 N–H and O–H groups in total. The van der Waals surface area contributed by atoms with E-state index in [1.54, 1.807) is 11.9 Å². The molecule has 0 radical (unpaired) electrons. The maximum Gasteiger partial charge on any atom is 0.267 e. The van der Waals surface area contributed by atoms with Gasteiger partial charge in [0.2, 0.25) is 0 Å². The Hall–Kier alpha value is -2.08. The van der Waals surface area contributed by atoms with E-state index in [2.05, 4.69) is 4.98 Å². The molecule has 1 amide bonds. The van der Waals surface area contributed by atoms with E-state index in [4.69, 9.17) is 5.73 Å². The first-order valence-corrected chi connectivity index (χ1v) is 7.44. The Bertz CT molecular complexity index is 634. The number of amides is 1. The quantitative estimate of drug-likeness (QED) is 0.942. The highest BCUT2D eigenvalue weighted by molar-refractivity contribution is 7.18. The van der Waals surface area contributed by atoms with Crippen molar-refractivity contribution < 1.29 is 4.79 Å². The van der Waals surface area contributed by atoms with Crippen LogP contribution in [0.25, 0.3) is 0 Å². The molecule has 1 aromatic carbocycles. The van der Waals surface area contributed by atoms with Gasteiger partial charge in [0, 0.05) is 27.7 Å². The molecule has 0 aliphatic heterocycles. The number of carbonyl (C=O) groups excluding carboxylic acids is 1. The van der Waals surface area contributed by atoms with Crippen molar-refractivity contribution in [3.05, 3.63) is 40.3 Å². The lowest BCUT2D eigenvalue weighted by Crippen LogP contribution is -2.26. The van der Waals surface area contributed by atoms with E-state index in [0.717, 1.165) is 10.7 Å². The monoisotopic (exact) mass is 304 g/mol. The zero-order chi connectivity index (χ0) is 15.6. The number of thiazole rings is 1. The normalized spacial score (nSPS) is 10.5. The van der Waals surface area contributed by atoms with Crippen LogP contribution in [-0.4, -0.2) is 36.9 Å². The number of benzene rings is 1. The van der Waals surface area contributed by atoms with Crippen LogP contribution in [-0.2, 0) is 6.54 Å². The molecule has 0 atom stereocenters.